The van der Waals surface area contributed by atoms with Crippen LogP contribution in [-0.2, 0) is 4.79 Å². The average molecular weight is 403 g/mol. The molecule has 1 aliphatic rings. The SMILES string of the molecule is Cc1nn(-c2ccccc2Cl)c2sc(C(=O)NCCNC(=O)C3CC3)cc12. The molecule has 0 bridgehead atoms. The number of amides is 2. The third-order valence-electron chi connectivity index (χ3n) is 4.51. The Kier molecular flexibility index (Phi) is 4.88. The Hall–Kier alpha value is -2.38. The molecule has 1 aromatic carbocycles. The van der Waals surface area contributed by atoms with Gasteiger partial charge in [-0.3, -0.25) is 9.59 Å². The number of thiophene rings is 1. The maximum absolute atomic E-state index is 12.5. The summed E-state index contributed by atoms with van der Waals surface area (Å²) in [5.41, 5.74) is 1.63. The van der Waals surface area contributed by atoms with Gasteiger partial charge < -0.3 is 10.6 Å². The molecule has 0 radical (unpaired) electrons. The zero-order valence-corrected chi connectivity index (χ0v) is 16.4. The van der Waals surface area contributed by atoms with E-state index in [0.29, 0.717) is 23.0 Å². The number of aryl methyl sites for hydroxylation is 1. The molecule has 6 nitrogen and oxygen atoms in total. The summed E-state index contributed by atoms with van der Waals surface area (Å²) in [6.45, 7) is 2.76. The smallest absolute Gasteiger partial charge is 0.261 e. The first kappa shape index (κ1) is 18.0. The van der Waals surface area contributed by atoms with Crippen molar-refractivity contribution in [1.29, 1.82) is 0 Å². The fraction of sp³-hybridized carbons (Fsp3) is 0.316. The number of benzene rings is 1. The number of hydrogen-bond acceptors (Lipinski definition) is 4. The zero-order valence-electron chi connectivity index (χ0n) is 14.8. The van der Waals surface area contributed by atoms with Crippen LogP contribution in [0.25, 0.3) is 15.9 Å². The van der Waals surface area contributed by atoms with E-state index in [2.05, 4.69) is 15.7 Å². The third kappa shape index (κ3) is 3.70. The van der Waals surface area contributed by atoms with E-state index in [4.69, 9.17) is 11.6 Å². The molecule has 2 heterocycles. The molecular formula is C19H19ClN4O2S. The van der Waals surface area contributed by atoms with Crippen molar-refractivity contribution in [2.75, 3.05) is 13.1 Å². The quantitative estimate of drug-likeness (QED) is 0.621. The second-order valence-electron chi connectivity index (χ2n) is 6.60. The summed E-state index contributed by atoms with van der Waals surface area (Å²) < 4.78 is 1.78. The lowest BCUT2D eigenvalue weighted by atomic mass is 10.3. The first-order valence-corrected chi connectivity index (χ1v) is 10.0. The van der Waals surface area contributed by atoms with Gasteiger partial charge in [-0.2, -0.15) is 5.10 Å². The van der Waals surface area contributed by atoms with Crippen molar-refractivity contribution >= 4 is 45.0 Å². The van der Waals surface area contributed by atoms with Gasteiger partial charge in [0.2, 0.25) is 5.91 Å². The van der Waals surface area contributed by atoms with Crippen LogP contribution in [-0.4, -0.2) is 34.7 Å². The number of rotatable bonds is 6. The Balaban J connectivity index is 1.48. The fourth-order valence-corrected chi connectivity index (χ4v) is 4.19. The maximum atomic E-state index is 12.5. The van der Waals surface area contributed by atoms with Gasteiger partial charge >= 0.3 is 0 Å². The molecular weight excluding hydrogens is 384 g/mol. The Labute approximate surface area is 165 Å². The number of fused-ring (bicyclic) bond motifs is 1. The average Bonchev–Trinajstić information content (AvgIpc) is 3.34. The van der Waals surface area contributed by atoms with Crippen LogP contribution in [0.15, 0.2) is 30.3 Å². The van der Waals surface area contributed by atoms with Gasteiger partial charge in [0.05, 0.1) is 21.3 Å². The molecule has 2 N–H and O–H groups in total. The Bertz CT molecular complexity index is 1020. The van der Waals surface area contributed by atoms with E-state index in [-0.39, 0.29) is 17.7 Å². The highest BCUT2D eigenvalue weighted by Gasteiger charge is 2.29. The monoisotopic (exact) mass is 402 g/mol. The summed E-state index contributed by atoms with van der Waals surface area (Å²) in [5, 5.41) is 11.8. The minimum absolute atomic E-state index is 0.0848. The summed E-state index contributed by atoms with van der Waals surface area (Å²) in [5.74, 6) is 0.113. The summed E-state index contributed by atoms with van der Waals surface area (Å²) >= 11 is 7.68. The Morgan fingerprint density at radius 2 is 2.00 bits per heavy atom. The van der Waals surface area contributed by atoms with Crippen molar-refractivity contribution in [2.45, 2.75) is 19.8 Å². The van der Waals surface area contributed by atoms with E-state index >= 15 is 0 Å². The molecule has 0 aliphatic heterocycles. The van der Waals surface area contributed by atoms with Gasteiger partial charge in [0.15, 0.2) is 0 Å². The van der Waals surface area contributed by atoms with E-state index in [1.807, 2.05) is 37.3 Å². The summed E-state index contributed by atoms with van der Waals surface area (Å²) in [6.07, 6.45) is 1.95. The van der Waals surface area contributed by atoms with Crippen LogP contribution in [0, 0.1) is 12.8 Å². The second-order valence-corrected chi connectivity index (χ2v) is 8.04. The normalized spacial score (nSPS) is 13.7. The van der Waals surface area contributed by atoms with Crippen LogP contribution in [0.3, 0.4) is 0 Å². The van der Waals surface area contributed by atoms with E-state index in [1.54, 1.807) is 4.68 Å². The minimum Gasteiger partial charge on any atom is -0.354 e. The van der Waals surface area contributed by atoms with Gasteiger partial charge in [-0.1, -0.05) is 23.7 Å². The molecule has 1 aliphatic carbocycles. The molecule has 1 fully saturated rings. The molecule has 1 saturated carbocycles. The van der Waals surface area contributed by atoms with Gasteiger partial charge in [-0.15, -0.1) is 11.3 Å². The molecule has 2 amide bonds. The number of nitrogens with zero attached hydrogens (tertiary/aromatic N) is 2. The highest BCUT2D eigenvalue weighted by atomic mass is 35.5. The van der Waals surface area contributed by atoms with Gasteiger partial charge in [0.1, 0.15) is 4.83 Å². The number of nitrogens with one attached hydrogen (secondary N) is 2. The lowest BCUT2D eigenvalue weighted by Crippen LogP contribution is -2.35. The third-order valence-corrected chi connectivity index (χ3v) is 5.94. The lowest BCUT2D eigenvalue weighted by Gasteiger charge is -2.06. The number of carbonyl (C=O) groups is 2. The first-order valence-electron chi connectivity index (χ1n) is 8.84. The van der Waals surface area contributed by atoms with Crippen molar-refractivity contribution in [3.8, 4) is 5.69 Å². The fourth-order valence-electron chi connectivity index (χ4n) is 2.88. The maximum Gasteiger partial charge on any atom is 0.261 e. The van der Waals surface area contributed by atoms with Crippen molar-refractivity contribution in [2.24, 2.45) is 5.92 Å². The molecule has 0 unspecified atom stereocenters. The van der Waals surface area contributed by atoms with Crippen molar-refractivity contribution in [3.63, 3.8) is 0 Å². The number of hydrogen-bond donors (Lipinski definition) is 2. The summed E-state index contributed by atoms with van der Waals surface area (Å²) in [4.78, 5) is 25.6. The van der Waals surface area contributed by atoms with E-state index < -0.39 is 0 Å². The van der Waals surface area contributed by atoms with Gasteiger partial charge in [-0.05, 0) is 38.0 Å². The molecule has 140 valence electrons. The molecule has 4 rings (SSSR count). The second kappa shape index (κ2) is 7.32. The van der Waals surface area contributed by atoms with Gasteiger partial charge in [0, 0.05) is 24.4 Å². The molecule has 27 heavy (non-hydrogen) atoms. The van der Waals surface area contributed by atoms with E-state index in [1.165, 1.54) is 11.3 Å². The Morgan fingerprint density at radius 1 is 1.26 bits per heavy atom. The molecule has 0 spiro atoms. The Morgan fingerprint density at radius 3 is 2.74 bits per heavy atom. The zero-order chi connectivity index (χ0) is 19.0. The first-order chi connectivity index (χ1) is 13.0. The van der Waals surface area contributed by atoms with Gasteiger partial charge in [-0.25, -0.2) is 4.68 Å². The predicted molar refractivity (Wildman–Crippen MR) is 107 cm³/mol. The van der Waals surface area contributed by atoms with Crippen LogP contribution in [0.4, 0.5) is 0 Å². The largest absolute Gasteiger partial charge is 0.354 e. The number of para-hydroxylation sites is 1. The minimum atomic E-state index is -0.151. The number of carbonyl (C=O) groups excluding carboxylic acids is 2. The molecule has 3 aromatic rings. The van der Waals surface area contributed by atoms with E-state index in [0.717, 1.165) is 34.4 Å². The molecule has 8 heteroatoms. The standard InChI is InChI=1S/C19H19ClN4O2S/c1-11-13-10-16(18(26)22-9-8-21-17(25)12-6-7-12)27-19(13)24(23-11)15-5-3-2-4-14(15)20/h2-5,10,12H,6-9H2,1H3,(H,21,25)(H,22,26). The topological polar surface area (TPSA) is 76.0 Å². The van der Waals surface area contributed by atoms with Crippen LogP contribution in [0.5, 0.6) is 0 Å². The van der Waals surface area contributed by atoms with Crippen LogP contribution < -0.4 is 10.6 Å². The van der Waals surface area contributed by atoms with Crippen molar-refractivity contribution in [1.82, 2.24) is 20.4 Å². The number of aromatic nitrogens is 2. The molecule has 0 atom stereocenters. The van der Waals surface area contributed by atoms with Crippen LogP contribution >= 0.6 is 22.9 Å². The highest BCUT2D eigenvalue weighted by molar-refractivity contribution is 7.20. The summed E-state index contributed by atoms with van der Waals surface area (Å²) in [6, 6.07) is 9.34. The van der Waals surface area contributed by atoms with Crippen LogP contribution in [0.2, 0.25) is 5.02 Å². The van der Waals surface area contributed by atoms with E-state index in [9.17, 15) is 9.59 Å². The van der Waals surface area contributed by atoms with Crippen molar-refractivity contribution < 1.29 is 9.59 Å². The lowest BCUT2D eigenvalue weighted by molar-refractivity contribution is -0.122. The van der Waals surface area contributed by atoms with Crippen molar-refractivity contribution in [3.05, 3.63) is 45.9 Å². The molecule has 0 saturated heterocycles. The summed E-state index contributed by atoms with van der Waals surface area (Å²) in [7, 11) is 0. The number of halogens is 1. The van der Waals surface area contributed by atoms with Gasteiger partial charge in [0.25, 0.3) is 5.91 Å². The highest BCUT2D eigenvalue weighted by Crippen LogP contribution is 2.32. The molecule has 2 aromatic heterocycles. The predicted octanol–water partition coefficient (Wildman–Crippen LogP) is 3.30. The van der Waals surface area contributed by atoms with Crippen LogP contribution in [0.1, 0.15) is 28.2 Å².